The fraction of sp³-hybridized carbons (Fsp3) is 0.571. The van der Waals surface area contributed by atoms with Gasteiger partial charge in [-0.1, -0.05) is 6.92 Å². The number of halogens is 1. The highest BCUT2D eigenvalue weighted by Crippen LogP contribution is 2.39. The summed E-state index contributed by atoms with van der Waals surface area (Å²) in [6.45, 7) is 5.98. The zero-order valence-corrected chi connectivity index (χ0v) is 16.8. The first-order chi connectivity index (χ1) is 14.0. The minimum atomic E-state index is -0.537. The monoisotopic (exact) mass is 399 g/mol. The van der Waals surface area contributed by atoms with Crippen LogP contribution in [-0.2, 0) is 0 Å². The maximum atomic E-state index is 15.0. The van der Waals surface area contributed by atoms with Gasteiger partial charge < -0.3 is 10.2 Å². The third-order valence-electron chi connectivity index (χ3n) is 6.18. The molecule has 0 amide bonds. The highest BCUT2D eigenvalue weighted by Gasteiger charge is 2.36. The molecule has 4 rings (SSSR count). The van der Waals surface area contributed by atoms with Crippen molar-refractivity contribution in [2.45, 2.75) is 51.6 Å². The Morgan fingerprint density at radius 2 is 2.10 bits per heavy atom. The van der Waals surface area contributed by atoms with E-state index in [9.17, 15) is 9.59 Å². The van der Waals surface area contributed by atoms with Crippen LogP contribution in [0.25, 0.3) is 10.9 Å². The first-order valence-corrected chi connectivity index (χ1v) is 10.3. The fourth-order valence-corrected chi connectivity index (χ4v) is 4.54. The van der Waals surface area contributed by atoms with E-state index in [0.29, 0.717) is 48.7 Å². The Labute approximate surface area is 168 Å². The number of hydrogen-bond acceptors (Lipinski definition) is 5. The Kier molecular flexibility index (Phi) is 5.17. The van der Waals surface area contributed by atoms with Crippen LogP contribution in [0.3, 0.4) is 0 Å². The molecule has 29 heavy (non-hydrogen) atoms. The van der Waals surface area contributed by atoms with Gasteiger partial charge >= 0.3 is 5.69 Å². The summed E-state index contributed by atoms with van der Waals surface area (Å²) >= 11 is 0. The molecule has 2 aliphatic rings. The number of nitrogens with one attached hydrogen (secondary N) is 2. The number of H-pyrrole nitrogens is 1. The van der Waals surface area contributed by atoms with Crippen molar-refractivity contribution in [3.05, 3.63) is 38.3 Å². The van der Waals surface area contributed by atoms with Crippen LogP contribution in [0.15, 0.2) is 15.7 Å². The molecule has 1 unspecified atom stereocenters. The van der Waals surface area contributed by atoms with Crippen molar-refractivity contribution >= 4 is 16.6 Å². The average molecular weight is 399 g/mol. The molecule has 1 aromatic heterocycles. The predicted molar refractivity (Wildman–Crippen MR) is 110 cm³/mol. The largest absolute Gasteiger partial charge is 0.368 e. The van der Waals surface area contributed by atoms with E-state index in [1.165, 1.54) is 6.07 Å². The maximum absolute atomic E-state index is 15.0. The molecule has 0 radical (unpaired) electrons. The average Bonchev–Trinajstić information content (AvgIpc) is 3.47. The highest BCUT2D eigenvalue weighted by molar-refractivity contribution is 5.87. The second kappa shape index (κ2) is 7.64. The van der Waals surface area contributed by atoms with Crippen molar-refractivity contribution in [1.29, 1.82) is 5.26 Å². The normalized spacial score (nSPS) is 17.9. The number of anilines is 1. The first-order valence-electron chi connectivity index (χ1n) is 10.3. The second-order valence-electron chi connectivity index (χ2n) is 8.13. The molecule has 1 atom stereocenters. The number of rotatable bonds is 7. The molecule has 0 bridgehead atoms. The van der Waals surface area contributed by atoms with E-state index in [1.54, 1.807) is 11.5 Å². The summed E-state index contributed by atoms with van der Waals surface area (Å²) in [4.78, 5) is 29.0. The standard InChI is InChI=1S/C21H26FN5O2/c1-3-17(24-8-4-7-23)13-10-26(11-13)19-12(2)18-15(9-16(19)22)20(28)25-21(29)27(18)14-5-6-14/h9,13-14,17,24H,3-6,8,10-11H2,1-2H3,(H,25,28,29). The molecule has 2 heterocycles. The minimum Gasteiger partial charge on any atom is -0.368 e. The Morgan fingerprint density at radius 1 is 1.38 bits per heavy atom. The van der Waals surface area contributed by atoms with Crippen molar-refractivity contribution in [2.24, 2.45) is 5.92 Å². The van der Waals surface area contributed by atoms with Gasteiger partial charge in [0.1, 0.15) is 5.82 Å². The molecular weight excluding hydrogens is 373 g/mol. The van der Waals surface area contributed by atoms with E-state index in [0.717, 1.165) is 19.3 Å². The number of hydrogen-bond donors (Lipinski definition) is 2. The van der Waals surface area contributed by atoms with Crippen LogP contribution in [0.2, 0.25) is 0 Å². The number of aromatic nitrogens is 2. The molecule has 1 aliphatic heterocycles. The summed E-state index contributed by atoms with van der Waals surface area (Å²) in [6, 6.07) is 3.78. The van der Waals surface area contributed by atoms with Crippen LogP contribution in [0.1, 0.15) is 44.2 Å². The molecule has 2 fully saturated rings. The molecule has 2 aromatic rings. The van der Waals surface area contributed by atoms with Crippen LogP contribution >= 0.6 is 0 Å². The van der Waals surface area contributed by atoms with Crippen molar-refractivity contribution < 1.29 is 4.39 Å². The van der Waals surface area contributed by atoms with Gasteiger partial charge in [0.05, 0.1) is 22.7 Å². The number of fused-ring (bicyclic) bond motifs is 1. The third kappa shape index (κ3) is 3.44. The highest BCUT2D eigenvalue weighted by atomic mass is 19.1. The molecule has 2 N–H and O–H groups in total. The molecule has 1 saturated heterocycles. The van der Waals surface area contributed by atoms with E-state index in [1.807, 2.05) is 4.90 Å². The van der Waals surface area contributed by atoms with Gasteiger partial charge in [-0.25, -0.2) is 9.18 Å². The van der Waals surface area contributed by atoms with Crippen molar-refractivity contribution in [3.8, 4) is 6.07 Å². The molecule has 154 valence electrons. The van der Waals surface area contributed by atoms with Gasteiger partial charge in [0.15, 0.2) is 0 Å². The van der Waals surface area contributed by atoms with Gasteiger partial charge in [-0.3, -0.25) is 14.3 Å². The number of aryl methyl sites for hydroxylation is 1. The zero-order valence-electron chi connectivity index (χ0n) is 16.8. The van der Waals surface area contributed by atoms with Crippen molar-refractivity contribution in [2.75, 3.05) is 24.5 Å². The van der Waals surface area contributed by atoms with E-state index in [-0.39, 0.29) is 17.5 Å². The predicted octanol–water partition coefficient (Wildman–Crippen LogP) is 2.19. The molecule has 0 spiro atoms. The summed E-state index contributed by atoms with van der Waals surface area (Å²) in [6.07, 6.45) is 3.20. The van der Waals surface area contributed by atoms with Gasteiger partial charge in [-0.05, 0) is 32.3 Å². The van der Waals surface area contributed by atoms with Crippen molar-refractivity contribution in [3.63, 3.8) is 0 Å². The number of nitrogens with zero attached hydrogens (tertiary/aromatic N) is 3. The lowest BCUT2D eigenvalue weighted by molar-refractivity contribution is 0.286. The number of benzene rings is 1. The smallest absolute Gasteiger partial charge is 0.329 e. The van der Waals surface area contributed by atoms with E-state index >= 15 is 4.39 Å². The van der Waals surface area contributed by atoms with E-state index in [2.05, 4.69) is 23.3 Å². The zero-order chi connectivity index (χ0) is 20.7. The van der Waals surface area contributed by atoms with Crippen LogP contribution < -0.4 is 21.5 Å². The minimum absolute atomic E-state index is 0.0804. The maximum Gasteiger partial charge on any atom is 0.329 e. The lowest BCUT2D eigenvalue weighted by Crippen LogP contribution is -2.56. The summed E-state index contributed by atoms with van der Waals surface area (Å²) in [5.74, 6) is -0.0524. The topological polar surface area (TPSA) is 93.9 Å². The molecule has 1 aromatic carbocycles. The van der Waals surface area contributed by atoms with Crippen LogP contribution in [0, 0.1) is 30.0 Å². The number of aromatic amines is 1. The number of nitriles is 1. The Hall–Kier alpha value is -2.66. The molecular formula is C21H26FN5O2. The SMILES string of the molecule is CCC(NCCC#N)C1CN(c2c(F)cc3c(=O)[nH]c(=O)n(C4CC4)c3c2C)C1. The lowest BCUT2D eigenvalue weighted by atomic mass is 9.88. The fourth-order valence-electron chi connectivity index (χ4n) is 4.54. The molecule has 7 nitrogen and oxygen atoms in total. The van der Waals surface area contributed by atoms with Crippen LogP contribution in [0.5, 0.6) is 0 Å². The van der Waals surface area contributed by atoms with Crippen LogP contribution in [0.4, 0.5) is 10.1 Å². The molecule has 1 saturated carbocycles. The summed E-state index contributed by atoms with van der Waals surface area (Å²) in [5.41, 5.74) is 0.740. The van der Waals surface area contributed by atoms with E-state index < -0.39 is 17.1 Å². The summed E-state index contributed by atoms with van der Waals surface area (Å²) < 4.78 is 16.6. The Bertz CT molecular complexity index is 1090. The Morgan fingerprint density at radius 3 is 2.72 bits per heavy atom. The lowest BCUT2D eigenvalue weighted by Gasteiger charge is -2.45. The first kappa shape index (κ1) is 19.6. The van der Waals surface area contributed by atoms with Gasteiger partial charge in [-0.15, -0.1) is 0 Å². The summed E-state index contributed by atoms with van der Waals surface area (Å²) in [5, 5.41) is 12.4. The van der Waals surface area contributed by atoms with E-state index in [4.69, 9.17) is 5.26 Å². The Balaban J connectivity index is 1.66. The molecule has 8 heteroatoms. The van der Waals surface area contributed by atoms with Gasteiger partial charge in [-0.2, -0.15) is 5.26 Å². The molecule has 1 aliphatic carbocycles. The second-order valence-corrected chi connectivity index (χ2v) is 8.13. The van der Waals surface area contributed by atoms with Crippen molar-refractivity contribution in [1.82, 2.24) is 14.9 Å². The van der Waals surface area contributed by atoms with Crippen LogP contribution in [-0.4, -0.2) is 35.2 Å². The van der Waals surface area contributed by atoms with Gasteiger partial charge in [0, 0.05) is 49.6 Å². The van der Waals surface area contributed by atoms with Gasteiger partial charge in [0.2, 0.25) is 0 Å². The summed E-state index contributed by atoms with van der Waals surface area (Å²) in [7, 11) is 0. The third-order valence-corrected chi connectivity index (χ3v) is 6.18. The quantitative estimate of drug-likeness (QED) is 0.696. The van der Waals surface area contributed by atoms with Gasteiger partial charge in [0.25, 0.3) is 5.56 Å².